The van der Waals surface area contributed by atoms with Gasteiger partial charge in [-0.25, -0.2) is 18.3 Å². The van der Waals surface area contributed by atoms with E-state index in [1.165, 1.54) is 6.20 Å². The number of ether oxygens (including phenoxy) is 7. The van der Waals surface area contributed by atoms with Gasteiger partial charge in [-0.2, -0.15) is 15.1 Å². The molecule has 66 heavy (non-hydrogen) atoms. The van der Waals surface area contributed by atoms with Gasteiger partial charge in [0, 0.05) is 61.3 Å². The summed E-state index contributed by atoms with van der Waals surface area (Å²) in [6, 6.07) is 1.79. The molecule has 18 heteroatoms. The molecule has 15 nitrogen and oxygen atoms in total. The third-order valence-electron chi connectivity index (χ3n) is 12.5. The molecule has 360 valence electrons. The lowest BCUT2D eigenvalue weighted by atomic mass is 9.95. The van der Waals surface area contributed by atoms with Crippen molar-refractivity contribution in [2.75, 3.05) is 66.5 Å². The smallest absolute Gasteiger partial charge is 0.410 e. The Morgan fingerprint density at radius 2 is 1.88 bits per heavy atom. The highest BCUT2D eigenvalue weighted by molar-refractivity contribution is 6.33. The third-order valence-corrected chi connectivity index (χ3v) is 12.9. The molecule has 1 aromatic carbocycles. The first kappa shape index (κ1) is 48.2. The lowest BCUT2D eigenvalue weighted by Crippen LogP contribution is -2.49. The lowest BCUT2D eigenvalue weighted by molar-refractivity contribution is -0.105. The predicted octanol–water partition coefficient (Wildman–Crippen LogP) is 9.03. The summed E-state index contributed by atoms with van der Waals surface area (Å²) >= 11 is 7.19. The molecule has 5 atom stereocenters. The number of nitrogens with zero attached hydrogens (tertiary/aromatic N) is 7. The van der Waals surface area contributed by atoms with Crippen LogP contribution in [0.2, 0.25) is 5.02 Å². The first-order chi connectivity index (χ1) is 31.5. The van der Waals surface area contributed by atoms with Gasteiger partial charge in [-0.1, -0.05) is 23.8 Å². The van der Waals surface area contributed by atoms with Gasteiger partial charge in [0.15, 0.2) is 12.0 Å². The minimum absolute atomic E-state index is 0.00273. The fraction of sp³-hybridized carbons (Fsp3) is 0.646. The Bertz CT molecular complexity index is 2380. The molecular weight excluding hydrogens is 876 g/mol. The summed E-state index contributed by atoms with van der Waals surface area (Å²) < 4.78 is 75.5. The number of alkyl halides is 1. The Hall–Kier alpha value is -4.26. The fourth-order valence-electron chi connectivity index (χ4n) is 9.68. The molecule has 0 saturated carbocycles. The summed E-state index contributed by atoms with van der Waals surface area (Å²) in [7, 11) is 1.56. The molecule has 7 heterocycles. The highest BCUT2D eigenvalue weighted by atomic mass is 35.5. The number of amides is 1. The zero-order valence-electron chi connectivity index (χ0n) is 39.2. The van der Waals surface area contributed by atoms with E-state index in [0.717, 1.165) is 38.6 Å². The van der Waals surface area contributed by atoms with Crippen molar-refractivity contribution in [3.8, 4) is 23.1 Å². The van der Waals surface area contributed by atoms with Crippen LogP contribution in [-0.2, 0) is 30.1 Å². The van der Waals surface area contributed by atoms with Crippen molar-refractivity contribution in [1.82, 2.24) is 34.5 Å². The van der Waals surface area contributed by atoms with Gasteiger partial charge in [-0.05, 0) is 105 Å². The van der Waals surface area contributed by atoms with E-state index in [-0.39, 0.29) is 66.7 Å². The van der Waals surface area contributed by atoms with Gasteiger partial charge in [0.05, 0.1) is 48.5 Å². The number of piperidine rings is 1. The van der Waals surface area contributed by atoms with Gasteiger partial charge in [0.25, 0.3) is 0 Å². The third kappa shape index (κ3) is 11.0. The summed E-state index contributed by atoms with van der Waals surface area (Å²) in [5.74, 6) is -0.576. The van der Waals surface area contributed by atoms with Crippen LogP contribution in [0.1, 0.15) is 98.3 Å². The second kappa shape index (κ2) is 20.1. The molecule has 0 N–H and O–H groups in total. The molecule has 0 spiro atoms. The van der Waals surface area contributed by atoms with E-state index in [9.17, 15) is 9.18 Å². The fourth-order valence-corrected chi connectivity index (χ4v) is 9.96. The van der Waals surface area contributed by atoms with Gasteiger partial charge in [0.1, 0.15) is 42.0 Å². The number of benzene rings is 1. The van der Waals surface area contributed by atoms with Crippen LogP contribution in [-0.4, -0.2) is 136 Å². The van der Waals surface area contributed by atoms with Crippen molar-refractivity contribution in [3.63, 3.8) is 0 Å². The molecular formula is C48H64ClF2N7O8. The van der Waals surface area contributed by atoms with Crippen molar-refractivity contribution in [2.45, 2.75) is 128 Å². The number of likely N-dealkylation sites (tertiary alicyclic amines) is 1. The molecule has 1 amide bonds. The second-order valence-corrected chi connectivity index (χ2v) is 20.4. The maximum absolute atomic E-state index is 17.6. The van der Waals surface area contributed by atoms with Crippen LogP contribution in [0.5, 0.6) is 11.9 Å². The highest BCUT2D eigenvalue weighted by Gasteiger charge is 2.49. The molecule has 4 saturated heterocycles. The normalized spacial score (nSPS) is 24.2. The maximum Gasteiger partial charge on any atom is 0.410 e. The number of carbonyl (C=O) groups is 1. The summed E-state index contributed by atoms with van der Waals surface area (Å²) in [5.41, 5.74) is -0.0114. The Morgan fingerprint density at radius 3 is 2.64 bits per heavy atom. The van der Waals surface area contributed by atoms with Gasteiger partial charge < -0.3 is 38.1 Å². The van der Waals surface area contributed by atoms with E-state index >= 15 is 4.39 Å². The molecule has 0 aliphatic carbocycles. The average molecular weight is 941 g/mol. The molecule has 4 aromatic rings. The number of carbonyl (C=O) groups excluding carboxylic acids is 1. The topological polar surface area (TPSA) is 145 Å². The number of hydrogen-bond acceptors (Lipinski definition) is 13. The monoisotopic (exact) mass is 939 g/mol. The summed E-state index contributed by atoms with van der Waals surface area (Å²) in [4.78, 5) is 30.8. The van der Waals surface area contributed by atoms with Gasteiger partial charge in [-0.3, -0.25) is 9.88 Å². The number of rotatable bonds is 15. The van der Waals surface area contributed by atoms with Gasteiger partial charge in [0.2, 0.25) is 5.88 Å². The van der Waals surface area contributed by atoms with E-state index in [0.29, 0.717) is 79.2 Å². The standard InChI is InChI=1S/C48H64ClF2N7O8/c1-46(2,3)65-43-35-22-52-42(40(51)41(35)54-44(55-43)63-28-48-15-12-16-57(48)25-31(50)21-48)39-33(36(49)20-37-34(39)23-53-58(37)38-14-9-11-18-62-38)13-8-10-17-61-27-30-19-32(64-29-60-7)26-56(24-30)45(59)66-47(4,5)6/h8,10,20,22-23,30-32,38H,9,11-19,21,24-29H2,1-7H3/b10-8+/t30-,31-,32+,38?,48+/m1/s1. The average Bonchev–Trinajstić information content (AvgIpc) is 3.95. The van der Waals surface area contributed by atoms with Crippen LogP contribution >= 0.6 is 11.6 Å². The van der Waals surface area contributed by atoms with Crippen LogP contribution in [0.3, 0.4) is 0 Å². The molecule has 4 aliphatic heterocycles. The SMILES string of the molecule is COCO[C@H]1C[C@@H](COC/C=C/Cc2c(Cl)cc3c(cnn3C3CCCCO3)c2-c2ncc3c(OC(C)(C)C)nc(OC[C@@]45CCCN4C[C@H](F)C5)nc3c2F)CN(C(=O)OC(C)(C)C)C1. The number of pyridine rings is 1. The van der Waals surface area contributed by atoms with Crippen molar-refractivity contribution in [2.24, 2.45) is 5.92 Å². The lowest BCUT2D eigenvalue weighted by Gasteiger charge is -2.38. The zero-order valence-corrected chi connectivity index (χ0v) is 40.0. The van der Waals surface area contributed by atoms with E-state index in [4.69, 9.17) is 54.8 Å². The number of hydrogen-bond donors (Lipinski definition) is 0. The van der Waals surface area contributed by atoms with E-state index in [2.05, 4.69) is 14.9 Å². The highest BCUT2D eigenvalue weighted by Crippen LogP contribution is 2.43. The molecule has 0 radical (unpaired) electrons. The van der Waals surface area contributed by atoms with Gasteiger partial charge >= 0.3 is 12.1 Å². The Morgan fingerprint density at radius 1 is 1.05 bits per heavy atom. The van der Waals surface area contributed by atoms with Crippen molar-refractivity contribution < 1.29 is 46.7 Å². The van der Waals surface area contributed by atoms with E-state index in [1.54, 1.807) is 18.2 Å². The number of fused-ring (bicyclic) bond motifs is 3. The number of aromatic nitrogens is 5. The molecule has 4 aliphatic rings. The van der Waals surface area contributed by atoms with Crippen molar-refractivity contribution >= 4 is 39.5 Å². The largest absolute Gasteiger partial charge is 0.471 e. The van der Waals surface area contributed by atoms with Crippen LogP contribution in [0.4, 0.5) is 13.6 Å². The predicted molar refractivity (Wildman–Crippen MR) is 245 cm³/mol. The Labute approximate surface area is 390 Å². The van der Waals surface area contributed by atoms with Crippen molar-refractivity contribution in [3.05, 3.63) is 47.0 Å². The number of methoxy groups -OCH3 is 1. The molecule has 1 unspecified atom stereocenters. The molecule has 8 rings (SSSR count). The van der Waals surface area contributed by atoms with Crippen LogP contribution in [0.15, 0.2) is 30.6 Å². The molecule has 4 fully saturated rings. The number of halogens is 3. The van der Waals surface area contributed by atoms with Crippen molar-refractivity contribution in [1.29, 1.82) is 0 Å². The second-order valence-electron chi connectivity index (χ2n) is 20.0. The van der Waals surface area contributed by atoms with Crippen LogP contribution in [0, 0.1) is 11.7 Å². The minimum atomic E-state index is -0.937. The molecule has 3 aromatic heterocycles. The van der Waals surface area contributed by atoms with Gasteiger partial charge in [-0.15, -0.1) is 0 Å². The number of allylic oxidation sites excluding steroid dienone is 1. The summed E-state index contributed by atoms with van der Waals surface area (Å²) in [6.07, 6.45) is 11.0. The zero-order chi connectivity index (χ0) is 46.8. The quantitative estimate of drug-likeness (QED) is 0.0636. The maximum atomic E-state index is 17.6. The summed E-state index contributed by atoms with van der Waals surface area (Å²) in [6.45, 7) is 14.7. The Balaban J connectivity index is 1.08. The molecule has 0 bridgehead atoms. The van der Waals surface area contributed by atoms with E-state index < -0.39 is 34.8 Å². The summed E-state index contributed by atoms with van der Waals surface area (Å²) in [5, 5.41) is 6.09. The van der Waals surface area contributed by atoms with E-state index in [1.807, 2.05) is 64.4 Å². The minimum Gasteiger partial charge on any atom is -0.471 e. The first-order valence-electron chi connectivity index (χ1n) is 23.2. The van der Waals surface area contributed by atoms with Crippen LogP contribution < -0.4 is 9.47 Å². The Kier molecular flexibility index (Phi) is 14.7. The van der Waals surface area contributed by atoms with Crippen LogP contribution in [0.25, 0.3) is 33.1 Å². The first-order valence-corrected chi connectivity index (χ1v) is 23.6.